The van der Waals surface area contributed by atoms with E-state index < -0.39 is 0 Å². The van der Waals surface area contributed by atoms with Crippen LogP contribution in [0.25, 0.3) is 0 Å². The fourth-order valence-electron chi connectivity index (χ4n) is 2.61. The topological polar surface area (TPSA) is 32.3 Å². The molecule has 0 spiro atoms. The summed E-state index contributed by atoms with van der Waals surface area (Å²) in [4.78, 5) is 14.3. The summed E-state index contributed by atoms with van der Waals surface area (Å²) in [6.07, 6.45) is 0. The number of amides is 1. The van der Waals surface area contributed by atoms with E-state index in [4.69, 9.17) is 0 Å². The summed E-state index contributed by atoms with van der Waals surface area (Å²) in [6, 6.07) is 13.9. The lowest BCUT2D eigenvalue weighted by atomic mass is 10.1. The largest absolute Gasteiger partial charge is 0.306 e. The second-order valence-corrected chi connectivity index (χ2v) is 5.29. The number of halogens is 1. The van der Waals surface area contributed by atoms with Crippen LogP contribution in [0.4, 0.5) is 10.1 Å². The molecule has 1 aliphatic rings. The second kappa shape index (κ2) is 5.66. The van der Waals surface area contributed by atoms with Crippen LogP contribution in [-0.2, 0) is 17.9 Å². The van der Waals surface area contributed by atoms with Crippen LogP contribution in [0.2, 0.25) is 0 Å². The Labute approximate surface area is 123 Å². The SMILES string of the molecule is CC1NCc2ccccc2N(Cc2cccc(F)c2)C1=O. The number of benzene rings is 2. The minimum absolute atomic E-state index is 0.00390. The minimum Gasteiger partial charge on any atom is -0.306 e. The number of hydrogen-bond acceptors (Lipinski definition) is 2. The molecule has 1 heterocycles. The Morgan fingerprint density at radius 1 is 1.24 bits per heavy atom. The van der Waals surface area contributed by atoms with Gasteiger partial charge in [-0.1, -0.05) is 30.3 Å². The van der Waals surface area contributed by atoms with Gasteiger partial charge in [0.15, 0.2) is 0 Å². The summed E-state index contributed by atoms with van der Waals surface area (Å²) in [5.74, 6) is -0.279. The first kappa shape index (κ1) is 13.8. The molecule has 3 rings (SSSR count). The summed E-state index contributed by atoms with van der Waals surface area (Å²) < 4.78 is 13.4. The number of anilines is 1. The maximum absolute atomic E-state index is 13.4. The van der Waals surface area contributed by atoms with E-state index in [9.17, 15) is 9.18 Å². The van der Waals surface area contributed by atoms with Gasteiger partial charge in [0, 0.05) is 12.2 Å². The van der Waals surface area contributed by atoms with Crippen LogP contribution < -0.4 is 10.2 Å². The van der Waals surface area contributed by atoms with Gasteiger partial charge in [0.1, 0.15) is 5.82 Å². The van der Waals surface area contributed by atoms with E-state index >= 15 is 0 Å². The molecular weight excluding hydrogens is 267 g/mol. The Hall–Kier alpha value is -2.20. The van der Waals surface area contributed by atoms with Crippen molar-refractivity contribution in [2.75, 3.05) is 4.90 Å². The lowest BCUT2D eigenvalue weighted by Crippen LogP contribution is -2.42. The van der Waals surface area contributed by atoms with E-state index in [1.54, 1.807) is 11.0 Å². The molecule has 4 heteroatoms. The van der Waals surface area contributed by atoms with Crippen molar-refractivity contribution >= 4 is 11.6 Å². The van der Waals surface area contributed by atoms with Gasteiger partial charge in [0.05, 0.1) is 12.6 Å². The maximum Gasteiger partial charge on any atom is 0.244 e. The van der Waals surface area contributed by atoms with E-state index in [1.165, 1.54) is 12.1 Å². The summed E-state index contributed by atoms with van der Waals surface area (Å²) in [6.45, 7) is 2.88. The summed E-state index contributed by atoms with van der Waals surface area (Å²) >= 11 is 0. The molecule has 0 saturated carbocycles. The quantitative estimate of drug-likeness (QED) is 0.919. The second-order valence-electron chi connectivity index (χ2n) is 5.29. The number of para-hydroxylation sites is 1. The molecule has 2 aromatic rings. The molecule has 2 aromatic carbocycles. The summed E-state index contributed by atoms with van der Waals surface area (Å²) in [7, 11) is 0. The summed E-state index contributed by atoms with van der Waals surface area (Å²) in [5, 5.41) is 3.21. The van der Waals surface area contributed by atoms with Crippen LogP contribution in [-0.4, -0.2) is 11.9 Å². The Balaban J connectivity index is 1.99. The Morgan fingerprint density at radius 3 is 2.86 bits per heavy atom. The van der Waals surface area contributed by atoms with Crippen molar-refractivity contribution in [2.24, 2.45) is 0 Å². The van der Waals surface area contributed by atoms with Crippen molar-refractivity contribution in [3.63, 3.8) is 0 Å². The standard InChI is InChI=1S/C17H17FN2O/c1-12-17(21)20(11-13-5-4-7-15(18)9-13)16-8-3-2-6-14(16)10-19-12/h2-9,12,19H,10-11H2,1H3. The average molecular weight is 284 g/mol. The fourth-order valence-corrected chi connectivity index (χ4v) is 2.61. The van der Waals surface area contributed by atoms with Crippen molar-refractivity contribution in [3.8, 4) is 0 Å². The zero-order chi connectivity index (χ0) is 14.8. The van der Waals surface area contributed by atoms with Crippen LogP contribution in [0.1, 0.15) is 18.1 Å². The number of hydrogen-bond donors (Lipinski definition) is 1. The van der Waals surface area contributed by atoms with Crippen LogP contribution in [0.3, 0.4) is 0 Å². The molecule has 21 heavy (non-hydrogen) atoms. The average Bonchev–Trinajstić information content (AvgIpc) is 2.60. The van der Waals surface area contributed by atoms with Crippen LogP contribution >= 0.6 is 0 Å². The van der Waals surface area contributed by atoms with Crippen LogP contribution in [0, 0.1) is 5.82 Å². The van der Waals surface area contributed by atoms with Crippen molar-refractivity contribution < 1.29 is 9.18 Å². The molecular formula is C17H17FN2O. The number of rotatable bonds is 2. The van der Waals surface area contributed by atoms with Gasteiger partial charge in [0.25, 0.3) is 0 Å². The first-order valence-corrected chi connectivity index (χ1v) is 7.02. The van der Waals surface area contributed by atoms with Gasteiger partial charge in [-0.25, -0.2) is 4.39 Å². The first-order valence-electron chi connectivity index (χ1n) is 7.02. The number of carbonyl (C=O) groups is 1. The van der Waals surface area contributed by atoms with Gasteiger partial charge in [-0.05, 0) is 36.2 Å². The van der Waals surface area contributed by atoms with E-state index in [2.05, 4.69) is 5.32 Å². The zero-order valence-electron chi connectivity index (χ0n) is 11.8. The van der Waals surface area contributed by atoms with Gasteiger partial charge in [-0.3, -0.25) is 4.79 Å². The van der Waals surface area contributed by atoms with Crippen molar-refractivity contribution in [1.29, 1.82) is 0 Å². The lowest BCUT2D eigenvalue weighted by Gasteiger charge is -2.24. The zero-order valence-corrected chi connectivity index (χ0v) is 11.8. The smallest absolute Gasteiger partial charge is 0.244 e. The molecule has 0 radical (unpaired) electrons. The monoisotopic (exact) mass is 284 g/mol. The predicted molar refractivity (Wildman–Crippen MR) is 80.3 cm³/mol. The number of fused-ring (bicyclic) bond motifs is 1. The third-order valence-electron chi connectivity index (χ3n) is 3.75. The van der Waals surface area contributed by atoms with Crippen molar-refractivity contribution in [1.82, 2.24) is 5.32 Å². The highest BCUT2D eigenvalue weighted by Crippen LogP contribution is 2.26. The van der Waals surface area contributed by atoms with Gasteiger partial charge in [-0.15, -0.1) is 0 Å². The highest BCUT2D eigenvalue weighted by Gasteiger charge is 2.26. The third kappa shape index (κ3) is 2.81. The Morgan fingerprint density at radius 2 is 2.05 bits per heavy atom. The predicted octanol–water partition coefficient (Wildman–Crippen LogP) is 2.85. The van der Waals surface area contributed by atoms with E-state index in [-0.39, 0.29) is 17.8 Å². The number of carbonyl (C=O) groups excluding carboxylic acids is 1. The van der Waals surface area contributed by atoms with E-state index in [0.717, 1.165) is 16.8 Å². The van der Waals surface area contributed by atoms with Gasteiger partial charge in [0.2, 0.25) is 5.91 Å². The molecule has 1 unspecified atom stereocenters. The summed E-state index contributed by atoms with van der Waals surface area (Å²) in [5.41, 5.74) is 2.75. The van der Waals surface area contributed by atoms with Crippen molar-refractivity contribution in [2.45, 2.75) is 26.1 Å². The maximum atomic E-state index is 13.4. The van der Waals surface area contributed by atoms with Gasteiger partial charge < -0.3 is 10.2 Å². The van der Waals surface area contributed by atoms with Gasteiger partial charge in [-0.2, -0.15) is 0 Å². The van der Waals surface area contributed by atoms with Crippen LogP contribution in [0.15, 0.2) is 48.5 Å². The Kier molecular flexibility index (Phi) is 3.71. The van der Waals surface area contributed by atoms with Crippen LogP contribution in [0.5, 0.6) is 0 Å². The number of nitrogens with zero attached hydrogens (tertiary/aromatic N) is 1. The fraction of sp³-hybridized carbons (Fsp3) is 0.235. The normalized spacial score (nSPS) is 18.3. The van der Waals surface area contributed by atoms with Crippen molar-refractivity contribution in [3.05, 3.63) is 65.5 Å². The lowest BCUT2D eigenvalue weighted by molar-refractivity contribution is -0.120. The van der Waals surface area contributed by atoms with E-state index in [1.807, 2.05) is 37.3 Å². The number of nitrogens with one attached hydrogen (secondary N) is 1. The molecule has 0 bridgehead atoms. The van der Waals surface area contributed by atoms with E-state index in [0.29, 0.717) is 13.1 Å². The molecule has 0 aromatic heterocycles. The molecule has 0 aliphatic carbocycles. The molecule has 108 valence electrons. The highest BCUT2D eigenvalue weighted by atomic mass is 19.1. The minimum atomic E-state index is -0.283. The first-order chi connectivity index (χ1) is 10.1. The molecule has 0 fully saturated rings. The molecule has 0 saturated heterocycles. The highest BCUT2D eigenvalue weighted by molar-refractivity contribution is 5.98. The molecule has 1 atom stereocenters. The molecule has 1 amide bonds. The molecule has 1 aliphatic heterocycles. The molecule has 1 N–H and O–H groups in total. The third-order valence-corrected chi connectivity index (χ3v) is 3.75. The molecule has 3 nitrogen and oxygen atoms in total. The Bertz CT molecular complexity index is 671. The van der Waals surface area contributed by atoms with Gasteiger partial charge >= 0.3 is 0 Å².